The van der Waals surface area contributed by atoms with Gasteiger partial charge in [0.15, 0.2) is 9.84 Å². The van der Waals surface area contributed by atoms with Crippen molar-refractivity contribution in [2.75, 3.05) is 13.4 Å². The fraction of sp³-hybridized carbons (Fsp3) is 0.250. The number of nitrogens with one attached hydrogen (secondary N) is 1. The fourth-order valence-electron chi connectivity index (χ4n) is 3.24. The van der Waals surface area contributed by atoms with Gasteiger partial charge in [-0.05, 0) is 42.8 Å². The van der Waals surface area contributed by atoms with Gasteiger partial charge in [0.05, 0.1) is 18.6 Å². The molecule has 1 aliphatic rings. The van der Waals surface area contributed by atoms with E-state index in [2.05, 4.69) is 5.32 Å². The summed E-state index contributed by atoms with van der Waals surface area (Å²) in [7, 11) is -1.92. The number of methoxy groups -OCH3 is 1. The molecular formula is C20H20N2O6S. The van der Waals surface area contributed by atoms with Crippen molar-refractivity contribution >= 4 is 28.1 Å². The maximum Gasteiger partial charge on any atom is 0.325 e. The van der Waals surface area contributed by atoms with Crippen LogP contribution in [0, 0.1) is 0 Å². The van der Waals surface area contributed by atoms with Gasteiger partial charge in [0.25, 0.3) is 5.91 Å². The van der Waals surface area contributed by atoms with Gasteiger partial charge >= 0.3 is 6.03 Å². The number of urea groups is 1. The van der Waals surface area contributed by atoms with E-state index in [0.29, 0.717) is 28.7 Å². The van der Waals surface area contributed by atoms with Gasteiger partial charge in [0, 0.05) is 17.4 Å². The number of ether oxygens (including phenoxy) is 1. The van der Waals surface area contributed by atoms with Crippen LogP contribution < -0.4 is 10.1 Å². The minimum Gasteiger partial charge on any atom is -0.496 e. The third kappa shape index (κ3) is 3.73. The molecule has 1 fully saturated rings. The Hall–Kier alpha value is -3.20. The first-order chi connectivity index (χ1) is 13.6. The van der Waals surface area contributed by atoms with Crippen LogP contribution in [0.25, 0.3) is 0 Å². The van der Waals surface area contributed by atoms with Crippen molar-refractivity contribution in [3.05, 3.63) is 59.2 Å². The number of carbonyl (C=O) groups is 3. The summed E-state index contributed by atoms with van der Waals surface area (Å²) in [4.78, 5) is 37.9. The Morgan fingerprint density at radius 1 is 1.14 bits per heavy atom. The summed E-state index contributed by atoms with van der Waals surface area (Å²) < 4.78 is 28.6. The smallest absolute Gasteiger partial charge is 0.325 e. The van der Waals surface area contributed by atoms with Crippen molar-refractivity contribution in [1.82, 2.24) is 10.2 Å². The first kappa shape index (κ1) is 20.5. The maximum atomic E-state index is 13.1. The van der Waals surface area contributed by atoms with E-state index in [-0.39, 0.29) is 11.4 Å². The summed E-state index contributed by atoms with van der Waals surface area (Å²) in [6, 6.07) is 9.95. The lowest BCUT2D eigenvalue weighted by atomic mass is 9.92. The lowest BCUT2D eigenvalue weighted by Crippen LogP contribution is -2.40. The van der Waals surface area contributed by atoms with Gasteiger partial charge < -0.3 is 10.1 Å². The number of imide groups is 1. The zero-order valence-corrected chi connectivity index (χ0v) is 16.9. The molecule has 0 saturated carbocycles. The molecule has 1 saturated heterocycles. The number of rotatable bonds is 6. The summed E-state index contributed by atoms with van der Waals surface area (Å²) in [5.41, 5.74) is 0.0198. The molecule has 1 heterocycles. The van der Waals surface area contributed by atoms with Crippen LogP contribution in [0.5, 0.6) is 5.75 Å². The molecular weight excluding hydrogens is 396 g/mol. The van der Waals surface area contributed by atoms with Gasteiger partial charge in [-0.15, -0.1) is 0 Å². The summed E-state index contributed by atoms with van der Waals surface area (Å²) in [6.45, 7) is 1.48. The van der Waals surface area contributed by atoms with Crippen LogP contribution in [0.3, 0.4) is 0 Å². The Bertz CT molecular complexity index is 1090. The molecule has 9 heteroatoms. The van der Waals surface area contributed by atoms with E-state index in [1.165, 1.54) is 31.4 Å². The van der Waals surface area contributed by atoms with Crippen molar-refractivity contribution in [2.45, 2.75) is 23.9 Å². The molecule has 1 N–H and O–H groups in total. The monoisotopic (exact) mass is 416 g/mol. The third-order valence-corrected chi connectivity index (χ3v) is 6.03. The number of amides is 3. The number of nitrogens with zero attached hydrogens (tertiary/aromatic N) is 1. The van der Waals surface area contributed by atoms with E-state index in [1.54, 1.807) is 25.1 Å². The topological polar surface area (TPSA) is 110 Å². The Kier molecular flexibility index (Phi) is 5.18. The molecule has 29 heavy (non-hydrogen) atoms. The predicted molar refractivity (Wildman–Crippen MR) is 104 cm³/mol. The summed E-state index contributed by atoms with van der Waals surface area (Å²) in [5.74, 6) is -0.0459. The average Bonchev–Trinajstić information content (AvgIpc) is 2.91. The molecule has 1 atom stereocenters. The zero-order valence-electron chi connectivity index (χ0n) is 16.1. The van der Waals surface area contributed by atoms with E-state index in [1.807, 2.05) is 0 Å². The molecule has 3 amide bonds. The molecule has 2 aromatic rings. The Morgan fingerprint density at radius 3 is 2.34 bits per heavy atom. The molecule has 0 aliphatic carbocycles. The second-order valence-electron chi connectivity index (χ2n) is 6.93. The van der Waals surface area contributed by atoms with E-state index >= 15 is 0 Å². The van der Waals surface area contributed by atoms with Crippen LogP contribution in [-0.4, -0.2) is 44.9 Å². The summed E-state index contributed by atoms with van der Waals surface area (Å²) >= 11 is 0. The van der Waals surface area contributed by atoms with Crippen molar-refractivity contribution in [2.24, 2.45) is 0 Å². The van der Waals surface area contributed by atoms with Crippen molar-refractivity contribution in [1.29, 1.82) is 0 Å². The van der Waals surface area contributed by atoms with Crippen LogP contribution >= 0.6 is 0 Å². The molecule has 1 aliphatic heterocycles. The molecule has 2 aromatic carbocycles. The van der Waals surface area contributed by atoms with Crippen LogP contribution in [0.1, 0.15) is 28.4 Å². The van der Waals surface area contributed by atoms with E-state index in [4.69, 9.17) is 4.74 Å². The van der Waals surface area contributed by atoms with E-state index in [9.17, 15) is 22.8 Å². The third-order valence-electron chi connectivity index (χ3n) is 4.90. The highest BCUT2D eigenvalue weighted by molar-refractivity contribution is 7.90. The first-order valence-electron chi connectivity index (χ1n) is 8.67. The highest BCUT2D eigenvalue weighted by Gasteiger charge is 2.49. The van der Waals surface area contributed by atoms with Gasteiger partial charge in [-0.3, -0.25) is 14.5 Å². The minimum absolute atomic E-state index is 0.0769. The molecule has 0 spiro atoms. The quantitative estimate of drug-likeness (QED) is 0.569. The highest BCUT2D eigenvalue weighted by atomic mass is 32.2. The SMILES string of the molecule is COc1ccc(C=O)cc1CN1C(=O)NC(C)(c2ccc(S(C)(=O)=O)cc2)C1=O. The number of carbonyl (C=O) groups excluding carboxylic acids is 3. The molecule has 3 rings (SSSR count). The maximum absolute atomic E-state index is 13.1. The number of sulfone groups is 1. The number of hydrogen-bond acceptors (Lipinski definition) is 6. The van der Waals surface area contributed by atoms with Gasteiger partial charge in [0.2, 0.25) is 0 Å². The van der Waals surface area contributed by atoms with E-state index < -0.39 is 27.3 Å². The van der Waals surface area contributed by atoms with Crippen LogP contribution in [-0.2, 0) is 26.7 Å². The Labute approximate surface area is 168 Å². The van der Waals surface area contributed by atoms with Gasteiger partial charge in [0.1, 0.15) is 17.6 Å². The Balaban J connectivity index is 1.93. The van der Waals surface area contributed by atoms with Crippen LogP contribution in [0.4, 0.5) is 4.79 Å². The molecule has 0 radical (unpaired) electrons. The van der Waals surface area contributed by atoms with Crippen molar-refractivity contribution in [3.8, 4) is 5.75 Å². The van der Waals surface area contributed by atoms with Crippen molar-refractivity contribution < 1.29 is 27.5 Å². The summed E-state index contributed by atoms with van der Waals surface area (Å²) in [5, 5.41) is 2.67. The van der Waals surface area contributed by atoms with Gasteiger partial charge in [-0.2, -0.15) is 0 Å². The molecule has 1 unspecified atom stereocenters. The second kappa shape index (κ2) is 7.32. The van der Waals surface area contributed by atoms with Crippen LogP contribution in [0.2, 0.25) is 0 Å². The average molecular weight is 416 g/mol. The molecule has 152 valence electrons. The van der Waals surface area contributed by atoms with E-state index in [0.717, 1.165) is 11.2 Å². The highest BCUT2D eigenvalue weighted by Crippen LogP contribution is 2.32. The Morgan fingerprint density at radius 2 is 1.79 bits per heavy atom. The number of hydrogen-bond donors (Lipinski definition) is 1. The first-order valence-corrected chi connectivity index (χ1v) is 10.6. The number of benzene rings is 2. The van der Waals surface area contributed by atoms with Gasteiger partial charge in [-0.25, -0.2) is 13.2 Å². The van der Waals surface area contributed by atoms with Crippen molar-refractivity contribution in [3.63, 3.8) is 0 Å². The van der Waals surface area contributed by atoms with Crippen LogP contribution in [0.15, 0.2) is 47.4 Å². The minimum atomic E-state index is -3.38. The molecule has 8 nitrogen and oxygen atoms in total. The molecule has 0 aromatic heterocycles. The fourth-order valence-corrected chi connectivity index (χ4v) is 3.87. The standard InChI is InChI=1S/C20H20N2O6S/c1-20(15-5-7-16(8-6-15)29(3,26)27)18(24)22(19(25)21-20)11-14-10-13(12-23)4-9-17(14)28-2/h4-10,12H,11H2,1-3H3,(H,21,25). The largest absolute Gasteiger partial charge is 0.496 e. The lowest BCUT2D eigenvalue weighted by molar-refractivity contribution is -0.131. The molecule has 0 bridgehead atoms. The predicted octanol–water partition coefficient (Wildman–Crippen LogP) is 1.88. The normalized spacial score (nSPS) is 19.2. The lowest BCUT2D eigenvalue weighted by Gasteiger charge is -2.22. The summed E-state index contributed by atoms with van der Waals surface area (Å²) in [6.07, 6.45) is 1.76. The number of aldehydes is 1. The van der Waals surface area contributed by atoms with Gasteiger partial charge in [-0.1, -0.05) is 12.1 Å². The zero-order chi connectivity index (χ0) is 21.4. The second-order valence-corrected chi connectivity index (χ2v) is 8.95.